The van der Waals surface area contributed by atoms with Gasteiger partial charge in [-0.05, 0) is 83.1 Å². The normalized spacial score (nSPS) is 13.1. The van der Waals surface area contributed by atoms with Crippen LogP contribution >= 0.6 is 0 Å². The number of allylic oxidation sites excluding steroid dienone is 9. The summed E-state index contributed by atoms with van der Waals surface area (Å²) in [5, 5.41) is 22.5. The molecule has 2 unspecified atom stereocenters. The largest absolute Gasteiger partial charge is 0.480 e. The molecule has 4 N–H and O–H groups in total. The van der Waals surface area contributed by atoms with Gasteiger partial charge < -0.3 is 25.6 Å². The molecule has 0 fully saturated rings. The van der Waals surface area contributed by atoms with Crippen molar-refractivity contribution >= 4 is 23.8 Å². The number of aliphatic carboxylic acids is 1. The second-order valence-corrected chi connectivity index (χ2v) is 14.4. The zero-order valence-electron chi connectivity index (χ0n) is 34.7. The summed E-state index contributed by atoms with van der Waals surface area (Å²) >= 11 is 0. The first kappa shape index (κ1) is 51.5. The van der Waals surface area contributed by atoms with E-state index in [0.717, 1.165) is 89.9 Å². The number of aliphatic hydroxyl groups is 1. The molecule has 2 atom stereocenters. The molecule has 0 aliphatic rings. The van der Waals surface area contributed by atoms with Gasteiger partial charge in [0.1, 0.15) is 12.1 Å². The fraction of sp³-hybridized carbons (Fsp3) is 0.696. The Bertz CT molecular complexity index is 1110. The molecular weight excluding hydrogens is 693 g/mol. The van der Waals surface area contributed by atoms with Crippen molar-refractivity contribution in [1.82, 2.24) is 10.6 Å². The highest BCUT2D eigenvalue weighted by Crippen LogP contribution is 2.15. The lowest BCUT2D eigenvalue weighted by Crippen LogP contribution is -2.47. The Morgan fingerprint density at radius 2 is 1.09 bits per heavy atom. The molecule has 0 saturated carbocycles. The van der Waals surface area contributed by atoms with Crippen LogP contribution in [0.15, 0.2) is 60.8 Å². The molecule has 0 radical (unpaired) electrons. The van der Waals surface area contributed by atoms with E-state index in [1.54, 1.807) is 0 Å². The predicted molar refractivity (Wildman–Crippen MR) is 227 cm³/mol. The summed E-state index contributed by atoms with van der Waals surface area (Å²) < 4.78 is 5.91. The first-order chi connectivity index (χ1) is 26.8. The number of amides is 2. The topological polar surface area (TPSA) is 142 Å². The maximum absolute atomic E-state index is 12.7. The van der Waals surface area contributed by atoms with E-state index in [1.165, 1.54) is 57.8 Å². The molecule has 0 saturated heterocycles. The fourth-order valence-corrected chi connectivity index (χ4v) is 5.91. The number of aliphatic hydroxyl groups excluding tert-OH is 1. The SMILES string of the molecule is CC/C=C\C/C=C\C/C=C\C/C=C\CCCCCCCCC(=O)OC(/C=C\CCCCCCCCC)CCCCCCC(=O)NCC(=O)NC(CO)C(=O)O. The number of esters is 1. The van der Waals surface area contributed by atoms with Crippen LogP contribution in [0.1, 0.15) is 181 Å². The Morgan fingerprint density at radius 1 is 0.582 bits per heavy atom. The van der Waals surface area contributed by atoms with Gasteiger partial charge in [-0.2, -0.15) is 0 Å². The van der Waals surface area contributed by atoms with Gasteiger partial charge in [-0.15, -0.1) is 0 Å². The monoisotopic (exact) mass is 771 g/mol. The van der Waals surface area contributed by atoms with Crippen molar-refractivity contribution in [2.75, 3.05) is 13.2 Å². The zero-order chi connectivity index (χ0) is 40.5. The third-order valence-corrected chi connectivity index (χ3v) is 9.23. The molecule has 0 aliphatic heterocycles. The molecule has 0 aromatic rings. The van der Waals surface area contributed by atoms with Crippen LogP contribution in [0.25, 0.3) is 0 Å². The molecule has 0 aromatic heterocycles. The van der Waals surface area contributed by atoms with E-state index in [-0.39, 0.29) is 30.9 Å². The molecule has 0 aliphatic carbocycles. The van der Waals surface area contributed by atoms with E-state index < -0.39 is 24.5 Å². The summed E-state index contributed by atoms with van der Waals surface area (Å²) in [5.41, 5.74) is 0. The Labute approximate surface area is 334 Å². The van der Waals surface area contributed by atoms with Crippen LogP contribution in [-0.2, 0) is 23.9 Å². The van der Waals surface area contributed by atoms with Crippen LogP contribution < -0.4 is 10.6 Å². The molecule has 0 aromatic carbocycles. The van der Waals surface area contributed by atoms with Crippen molar-refractivity contribution in [3.8, 4) is 0 Å². The number of carbonyl (C=O) groups excluding carboxylic acids is 3. The minimum atomic E-state index is -1.39. The smallest absolute Gasteiger partial charge is 0.328 e. The van der Waals surface area contributed by atoms with Crippen molar-refractivity contribution in [2.45, 2.75) is 193 Å². The van der Waals surface area contributed by atoms with Crippen LogP contribution in [0, 0.1) is 0 Å². The number of hydrogen-bond acceptors (Lipinski definition) is 6. The lowest BCUT2D eigenvalue weighted by Gasteiger charge is -2.15. The van der Waals surface area contributed by atoms with Gasteiger partial charge in [-0.25, -0.2) is 4.79 Å². The molecule has 0 heterocycles. The second-order valence-electron chi connectivity index (χ2n) is 14.4. The lowest BCUT2D eigenvalue weighted by molar-refractivity contribution is -0.147. The standard InChI is InChI=1S/C46H78N2O7/c1-3-5-7-9-11-13-14-15-16-17-18-19-20-21-22-24-26-28-34-38-45(52)55-41(35-31-27-25-23-12-10-8-6-4-2)36-32-29-30-33-37-43(50)47-39-44(51)48-42(40-49)46(53)54/h5,7,11,13,15-16,18-19,31,35,41-42,49H,3-4,6,8-10,12,14,17,20-30,32-34,36-40H2,1-2H3,(H,47,50)(H,48,51)(H,53,54)/b7-5-,13-11-,16-15-,19-18-,35-31-. The minimum Gasteiger partial charge on any atom is -0.480 e. The van der Waals surface area contributed by atoms with E-state index in [1.807, 2.05) is 0 Å². The van der Waals surface area contributed by atoms with E-state index in [0.29, 0.717) is 12.8 Å². The van der Waals surface area contributed by atoms with Crippen molar-refractivity contribution in [1.29, 1.82) is 0 Å². The molecule has 0 spiro atoms. The van der Waals surface area contributed by atoms with Crippen molar-refractivity contribution in [2.24, 2.45) is 0 Å². The third-order valence-electron chi connectivity index (χ3n) is 9.23. The molecule has 9 heteroatoms. The van der Waals surface area contributed by atoms with Crippen molar-refractivity contribution in [3.63, 3.8) is 0 Å². The van der Waals surface area contributed by atoms with Crippen LogP contribution in [0.2, 0.25) is 0 Å². The summed E-state index contributed by atoms with van der Waals surface area (Å²) in [4.78, 5) is 47.6. The van der Waals surface area contributed by atoms with Gasteiger partial charge in [0.25, 0.3) is 0 Å². The van der Waals surface area contributed by atoms with Gasteiger partial charge in [-0.3, -0.25) is 14.4 Å². The number of carbonyl (C=O) groups is 4. The van der Waals surface area contributed by atoms with E-state index >= 15 is 0 Å². The Kier molecular flexibility index (Phi) is 37.7. The van der Waals surface area contributed by atoms with E-state index in [9.17, 15) is 19.2 Å². The van der Waals surface area contributed by atoms with Gasteiger partial charge in [-0.1, -0.05) is 146 Å². The number of rotatable bonds is 38. The average molecular weight is 771 g/mol. The maximum Gasteiger partial charge on any atom is 0.328 e. The Hall–Kier alpha value is -3.46. The summed E-state index contributed by atoms with van der Waals surface area (Å²) in [7, 11) is 0. The first-order valence-electron chi connectivity index (χ1n) is 21.7. The van der Waals surface area contributed by atoms with Gasteiger partial charge >= 0.3 is 11.9 Å². The van der Waals surface area contributed by atoms with Gasteiger partial charge in [0.15, 0.2) is 0 Å². The summed E-state index contributed by atoms with van der Waals surface area (Å²) in [5.74, 6) is -2.42. The molecule has 2 amide bonds. The first-order valence-corrected chi connectivity index (χ1v) is 21.7. The number of unbranched alkanes of at least 4 members (excludes halogenated alkanes) is 16. The number of carboxylic acids is 1. The number of carboxylic acid groups (broad SMARTS) is 1. The molecule has 0 rings (SSSR count). The zero-order valence-corrected chi connectivity index (χ0v) is 34.7. The average Bonchev–Trinajstić information content (AvgIpc) is 3.17. The molecular formula is C46H78N2O7. The number of nitrogens with one attached hydrogen (secondary N) is 2. The Balaban J connectivity index is 4.31. The molecule has 55 heavy (non-hydrogen) atoms. The number of ether oxygens (including phenoxy) is 1. The highest BCUT2D eigenvalue weighted by Gasteiger charge is 2.18. The lowest BCUT2D eigenvalue weighted by atomic mass is 10.1. The van der Waals surface area contributed by atoms with Crippen molar-refractivity contribution in [3.05, 3.63) is 60.8 Å². The molecule has 0 bridgehead atoms. The number of hydrogen-bond donors (Lipinski definition) is 4. The summed E-state index contributed by atoms with van der Waals surface area (Å²) in [6, 6.07) is -1.39. The highest BCUT2D eigenvalue weighted by molar-refractivity contribution is 5.87. The second kappa shape index (κ2) is 40.2. The third kappa shape index (κ3) is 37.2. The predicted octanol–water partition coefficient (Wildman–Crippen LogP) is 10.5. The van der Waals surface area contributed by atoms with Gasteiger partial charge in [0.2, 0.25) is 11.8 Å². The summed E-state index contributed by atoms with van der Waals surface area (Å²) in [6.45, 7) is 3.32. The molecule has 9 nitrogen and oxygen atoms in total. The van der Waals surface area contributed by atoms with Crippen LogP contribution in [0.4, 0.5) is 0 Å². The van der Waals surface area contributed by atoms with E-state index in [4.69, 9.17) is 14.9 Å². The van der Waals surface area contributed by atoms with Crippen molar-refractivity contribution < 1.29 is 34.1 Å². The summed E-state index contributed by atoms with van der Waals surface area (Å²) in [6.07, 6.45) is 48.3. The fourth-order valence-electron chi connectivity index (χ4n) is 5.91. The van der Waals surface area contributed by atoms with Gasteiger partial charge in [0.05, 0.1) is 13.2 Å². The van der Waals surface area contributed by atoms with Crippen LogP contribution in [0.5, 0.6) is 0 Å². The van der Waals surface area contributed by atoms with Crippen LogP contribution in [-0.4, -0.2) is 59.3 Å². The minimum absolute atomic E-state index is 0.126. The highest BCUT2D eigenvalue weighted by atomic mass is 16.5. The van der Waals surface area contributed by atoms with Gasteiger partial charge in [0, 0.05) is 12.8 Å². The van der Waals surface area contributed by atoms with E-state index in [2.05, 4.69) is 85.2 Å². The van der Waals surface area contributed by atoms with Crippen LogP contribution in [0.3, 0.4) is 0 Å². The molecule has 314 valence electrons. The Morgan fingerprint density at radius 3 is 1.67 bits per heavy atom. The quantitative estimate of drug-likeness (QED) is 0.0278. The maximum atomic E-state index is 12.7.